The zero-order valence-electron chi connectivity index (χ0n) is 6.58. The summed E-state index contributed by atoms with van der Waals surface area (Å²) in [5, 5.41) is 0. The normalized spacial score (nSPS) is 2.29. The Kier molecular flexibility index (Phi) is 220. The Hall–Kier alpha value is 1.67. The van der Waals surface area contributed by atoms with Gasteiger partial charge in [0, 0.05) is 0 Å². The first kappa shape index (κ1) is 36.1. The molecule has 0 saturated heterocycles. The van der Waals surface area contributed by atoms with E-state index in [0.29, 0.717) is 0 Å². The van der Waals surface area contributed by atoms with Gasteiger partial charge in [-0.25, -0.2) is 0 Å². The van der Waals surface area contributed by atoms with E-state index in [4.69, 9.17) is 31.8 Å². The molecule has 0 aliphatic carbocycles. The van der Waals surface area contributed by atoms with Crippen molar-refractivity contribution >= 4 is 61.9 Å². The van der Waals surface area contributed by atoms with E-state index < -0.39 is 61.9 Å². The minimum absolute atomic E-state index is 0. The van der Waals surface area contributed by atoms with Crippen molar-refractivity contribution in [1.29, 1.82) is 0 Å². The van der Waals surface area contributed by atoms with Crippen LogP contribution in [0.3, 0.4) is 0 Å². The summed E-state index contributed by atoms with van der Waals surface area (Å²) in [5.74, 6) is 0. The molecule has 0 heterocycles. The van der Waals surface area contributed by atoms with Gasteiger partial charge >= 0.3 is 130 Å². The van der Waals surface area contributed by atoms with Gasteiger partial charge in [-0.05, 0) is 0 Å². The van der Waals surface area contributed by atoms with Crippen LogP contribution in [0.1, 0.15) is 0 Å². The quantitative estimate of drug-likeness (QED) is 0.383. The van der Waals surface area contributed by atoms with Crippen LogP contribution in [0.15, 0.2) is 0 Å². The number of hydrogen-bond acceptors (Lipinski definition) is 8. The predicted molar refractivity (Wildman–Crippen MR) is 25.8 cm³/mol. The van der Waals surface area contributed by atoms with Gasteiger partial charge in [0.25, 0.3) is 0 Å². The van der Waals surface area contributed by atoms with E-state index in [1.807, 2.05) is 0 Å². The molecule has 0 unspecified atom stereocenters. The Morgan fingerprint density at radius 3 is 0.571 bits per heavy atom. The second-order valence-electron chi connectivity index (χ2n) is 0.385. The summed E-state index contributed by atoms with van der Waals surface area (Å²) in [5.41, 5.74) is 0. The average Bonchev–Trinajstić information content (AvgIpc) is 1.92. The minimum atomic E-state index is -1.75. The zero-order chi connectivity index (χ0) is 10.8. The summed E-state index contributed by atoms with van der Waals surface area (Å²) in [6, 6.07) is 0. The molecule has 0 fully saturated rings. The van der Waals surface area contributed by atoms with Crippen LogP contribution in [0.25, 0.3) is 0 Å². The van der Waals surface area contributed by atoms with Gasteiger partial charge < -0.3 is 0 Å². The van der Waals surface area contributed by atoms with Crippen LogP contribution in [-0.4, -0.2) is 61.9 Å². The van der Waals surface area contributed by atoms with E-state index in [1.54, 1.807) is 0 Å². The molecule has 0 aromatic heterocycles. The molecule has 0 atom stereocenters. The number of hydrogen-bond donors (Lipinski definition) is 0. The third-order valence-electron chi connectivity index (χ3n) is 0. The minimum Gasteiger partial charge on any atom is 2.00 e. The van der Waals surface area contributed by atoms with Gasteiger partial charge in [-0.3, -0.25) is 0 Å². The van der Waals surface area contributed by atoms with Crippen LogP contribution in [0.5, 0.6) is 0 Å². The van der Waals surface area contributed by atoms with Gasteiger partial charge in [-0.1, -0.05) is 0 Å². The van der Waals surface area contributed by atoms with Crippen LogP contribution >= 0.6 is 0 Å². The van der Waals surface area contributed by atoms with Crippen molar-refractivity contribution in [1.82, 2.24) is 0 Å². The molecule has 1 radical (unpaired) electrons. The van der Waals surface area contributed by atoms with Crippen molar-refractivity contribution in [2.75, 3.05) is 0 Å². The molecule has 0 spiro atoms. The van der Waals surface area contributed by atoms with E-state index in [-0.39, 0.29) is 36.5 Å². The molecule has 73 valence electrons. The number of rotatable bonds is 0. The average molecular weight is 365 g/mol. The topological polar surface area (TPSA) is 161 Å². The van der Waals surface area contributed by atoms with E-state index in [9.17, 15) is 0 Å². The maximum atomic E-state index is 8.46. The third kappa shape index (κ3) is 785. The zero-order valence-corrected chi connectivity index (χ0v) is 15.1. The van der Waals surface area contributed by atoms with Crippen molar-refractivity contribution in [3.05, 3.63) is 0 Å². The summed E-state index contributed by atoms with van der Waals surface area (Å²) in [6.45, 7) is 0. The summed E-state index contributed by atoms with van der Waals surface area (Å²) < 4.78 is 67.7. The van der Waals surface area contributed by atoms with E-state index in [0.717, 1.165) is 0 Å². The molecule has 0 amide bonds. The maximum absolute atomic E-state index is 8.46. The standard InChI is InChI=1S/4Al.Cu.8O.Zn/q;;;;+2;;;;;4*-1;+2. The molecule has 0 aromatic carbocycles. The van der Waals surface area contributed by atoms with Gasteiger partial charge in [0.15, 0.2) is 0 Å². The third-order valence-corrected chi connectivity index (χ3v) is 0. The monoisotopic (exact) mass is 363 g/mol. The van der Waals surface area contributed by atoms with Crippen LogP contribution in [0.4, 0.5) is 0 Å². The summed E-state index contributed by atoms with van der Waals surface area (Å²) in [4.78, 5) is 0. The Morgan fingerprint density at radius 1 is 0.571 bits per heavy atom. The first-order chi connectivity index (χ1) is 5.66. The van der Waals surface area contributed by atoms with Crippen LogP contribution < -0.4 is 16.6 Å². The van der Waals surface area contributed by atoms with Gasteiger partial charge in [0.1, 0.15) is 0 Å². The van der Waals surface area contributed by atoms with E-state index >= 15 is 0 Å². The molecule has 0 bridgehead atoms. The molecule has 0 aliphatic heterocycles. The predicted octanol–water partition coefficient (Wildman–Crippen LogP) is -6.76. The molecule has 0 N–H and O–H groups in total. The van der Waals surface area contributed by atoms with Crippen molar-refractivity contribution in [3.63, 3.8) is 0 Å². The van der Waals surface area contributed by atoms with Gasteiger partial charge in [-0.15, -0.1) is 0 Å². The van der Waals surface area contributed by atoms with Gasteiger partial charge in [0.05, 0.1) is 0 Å². The van der Waals surface area contributed by atoms with Crippen LogP contribution in [0, 0.1) is 0 Å². The Labute approximate surface area is 129 Å². The molecular formula is Al4CuO8Zn. The molecule has 14 heteroatoms. The van der Waals surface area contributed by atoms with E-state index in [1.165, 1.54) is 0 Å². The second-order valence-corrected chi connectivity index (χ2v) is 1.15. The SMILES string of the molecule is [Cu+2].[O]=[Al][O-].[O]=[Al][O-].[O]=[Al][O-].[O]=[Al][O-].[Zn+2]. The van der Waals surface area contributed by atoms with Crippen LogP contribution in [0.2, 0.25) is 0 Å². The van der Waals surface area contributed by atoms with Crippen molar-refractivity contribution in [2.24, 2.45) is 0 Å². The summed E-state index contributed by atoms with van der Waals surface area (Å²) >= 11 is -7.00. The first-order valence-electron chi connectivity index (χ1n) is 1.89. The molecule has 0 rings (SSSR count). The van der Waals surface area contributed by atoms with Gasteiger partial charge in [-0.2, -0.15) is 0 Å². The van der Waals surface area contributed by atoms with E-state index in [2.05, 4.69) is 0 Å². The summed E-state index contributed by atoms with van der Waals surface area (Å²) in [6.07, 6.45) is 0. The second kappa shape index (κ2) is 85.2. The Balaban J connectivity index is -0.0000000145. The molecule has 8 nitrogen and oxygen atoms in total. The maximum Gasteiger partial charge on any atom is 2.00 e. The smallest absolute Gasteiger partial charge is 2.00 e. The fourth-order valence-corrected chi connectivity index (χ4v) is 0. The summed E-state index contributed by atoms with van der Waals surface area (Å²) in [7, 11) is 0. The molecule has 14 heavy (non-hydrogen) atoms. The molecule has 0 saturated carbocycles. The largest absolute Gasteiger partial charge is 2.00 e. The fourth-order valence-electron chi connectivity index (χ4n) is 0. The molecular weight excluding hydrogens is 365 g/mol. The van der Waals surface area contributed by atoms with Crippen LogP contribution in [-0.2, 0) is 51.8 Å². The molecule has 0 aromatic rings. The van der Waals surface area contributed by atoms with Crippen molar-refractivity contribution in [2.45, 2.75) is 0 Å². The Bertz CT molecular complexity index is 75.3. The molecule has 0 aliphatic rings. The van der Waals surface area contributed by atoms with Gasteiger partial charge in [0.2, 0.25) is 0 Å². The van der Waals surface area contributed by atoms with Crippen molar-refractivity contribution in [3.8, 4) is 0 Å². The first-order valence-corrected chi connectivity index (χ1v) is 5.66. The fraction of sp³-hybridized carbons (Fsp3) is 0. The Morgan fingerprint density at radius 2 is 0.571 bits per heavy atom. The van der Waals surface area contributed by atoms with Crippen molar-refractivity contribution < 1.29 is 68.4 Å².